The molecule has 0 amide bonds. The highest BCUT2D eigenvalue weighted by Gasteiger charge is 1.93. The van der Waals surface area contributed by atoms with E-state index < -0.39 is 0 Å². The molecule has 0 unspecified atom stereocenters. The van der Waals surface area contributed by atoms with E-state index in [1.807, 2.05) is 12.3 Å². The first-order valence-electron chi connectivity index (χ1n) is 6.91. The number of nitrogens with zero attached hydrogens (tertiary/aromatic N) is 1. The van der Waals surface area contributed by atoms with Crippen LogP contribution in [0.25, 0.3) is 17.0 Å². The van der Waals surface area contributed by atoms with E-state index in [1.54, 1.807) is 0 Å². The molecule has 1 nitrogen and oxygen atoms in total. The molecule has 0 radical (unpaired) electrons. The largest absolute Gasteiger partial charge is 0.256 e. The van der Waals surface area contributed by atoms with Gasteiger partial charge in [0.25, 0.3) is 0 Å². The van der Waals surface area contributed by atoms with Crippen LogP contribution in [0.4, 0.5) is 0 Å². The highest BCUT2D eigenvalue weighted by atomic mass is 14.6. The molecule has 0 N–H and O–H groups in total. The Morgan fingerprint density at radius 1 is 1.11 bits per heavy atom. The molecular weight excluding hydrogens is 218 g/mol. The van der Waals surface area contributed by atoms with Gasteiger partial charge in [-0.3, -0.25) is 4.98 Å². The van der Waals surface area contributed by atoms with E-state index in [1.165, 1.54) is 43.1 Å². The first-order valence-corrected chi connectivity index (χ1v) is 6.91. The molecule has 94 valence electrons. The van der Waals surface area contributed by atoms with Crippen molar-refractivity contribution < 1.29 is 0 Å². The second-order valence-corrected chi connectivity index (χ2v) is 4.71. The SMILES string of the molecule is CCCCCCC=Cc1ccc2ncccc2c1. The minimum absolute atomic E-state index is 1.07. The Morgan fingerprint density at radius 3 is 2.94 bits per heavy atom. The summed E-state index contributed by atoms with van der Waals surface area (Å²) in [6.07, 6.45) is 12.8. The van der Waals surface area contributed by atoms with Gasteiger partial charge >= 0.3 is 0 Å². The van der Waals surface area contributed by atoms with Crippen molar-refractivity contribution >= 4 is 17.0 Å². The number of rotatable bonds is 6. The zero-order chi connectivity index (χ0) is 12.6. The Balaban J connectivity index is 1.93. The molecule has 1 aromatic carbocycles. The highest BCUT2D eigenvalue weighted by molar-refractivity contribution is 5.80. The van der Waals surface area contributed by atoms with Crippen molar-refractivity contribution in [3.05, 3.63) is 48.2 Å². The van der Waals surface area contributed by atoms with Gasteiger partial charge < -0.3 is 0 Å². The summed E-state index contributed by atoms with van der Waals surface area (Å²) in [7, 11) is 0. The zero-order valence-corrected chi connectivity index (χ0v) is 11.1. The zero-order valence-electron chi connectivity index (χ0n) is 11.1. The molecule has 1 heterocycles. The fraction of sp³-hybridized carbons (Fsp3) is 0.353. The summed E-state index contributed by atoms with van der Waals surface area (Å²) in [6, 6.07) is 10.5. The number of fused-ring (bicyclic) bond motifs is 1. The number of hydrogen-bond acceptors (Lipinski definition) is 1. The molecule has 0 fully saturated rings. The molecule has 1 heteroatoms. The Bertz CT molecular complexity index is 514. The lowest BCUT2D eigenvalue weighted by atomic mass is 10.1. The molecule has 1 aromatic heterocycles. The van der Waals surface area contributed by atoms with Crippen LogP contribution in [0, 0.1) is 0 Å². The Morgan fingerprint density at radius 2 is 2.06 bits per heavy atom. The van der Waals surface area contributed by atoms with Crippen LogP contribution in [0.3, 0.4) is 0 Å². The van der Waals surface area contributed by atoms with Gasteiger partial charge in [-0.1, -0.05) is 50.5 Å². The molecule has 0 bridgehead atoms. The summed E-state index contributed by atoms with van der Waals surface area (Å²) in [6.45, 7) is 2.25. The van der Waals surface area contributed by atoms with Crippen LogP contribution in [0.15, 0.2) is 42.6 Å². The second-order valence-electron chi connectivity index (χ2n) is 4.71. The fourth-order valence-corrected chi connectivity index (χ4v) is 2.11. The third-order valence-electron chi connectivity index (χ3n) is 3.16. The standard InChI is InChI=1S/C17H21N/c1-2-3-4-5-6-7-9-15-11-12-17-16(14-15)10-8-13-18-17/h7-14H,2-6H2,1H3. The lowest BCUT2D eigenvalue weighted by Crippen LogP contribution is -1.79. The molecule has 0 aliphatic heterocycles. The van der Waals surface area contributed by atoms with E-state index in [-0.39, 0.29) is 0 Å². The van der Waals surface area contributed by atoms with Crippen LogP contribution in [-0.2, 0) is 0 Å². The van der Waals surface area contributed by atoms with Crippen molar-refractivity contribution in [1.82, 2.24) is 4.98 Å². The fourth-order valence-electron chi connectivity index (χ4n) is 2.11. The van der Waals surface area contributed by atoms with Crippen LogP contribution in [0.5, 0.6) is 0 Å². The predicted molar refractivity (Wildman–Crippen MR) is 79.5 cm³/mol. The number of unbranched alkanes of at least 4 members (excludes halogenated alkanes) is 4. The smallest absolute Gasteiger partial charge is 0.0702 e. The van der Waals surface area contributed by atoms with Gasteiger partial charge in [-0.05, 0) is 36.6 Å². The molecule has 0 aliphatic rings. The van der Waals surface area contributed by atoms with Gasteiger partial charge in [0, 0.05) is 11.6 Å². The maximum absolute atomic E-state index is 4.33. The number of allylic oxidation sites excluding steroid dienone is 1. The van der Waals surface area contributed by atoms with Gasteiger partial charge in [0.2, 0.25) is 0 Å². The molecule has 0 spiro atoms. The number of hydrogen-bond donors (Lipinski definition) is 0. The molecule has 0 aliphatic carbocycles. The summed E-state index contributed by atoms with van der Waals surface area (Å²) in [5.74, 6) is 0. The first kappa shape index (κ1) is 12.8. The van der Waals surface area contributed by atoms with Crippen LogP contribution >= 0.6 is 0 Å². The lowest BCUT2D eigenvalue weighted by Gasteiger charge is -1.98. The van der Waals surface area contributed by atoms with Gasteiger partial charge in [-0.15, -0.1) is 0 Å². The van der Waals surface area contributed by atoms with Gasteiger partial charge in [-0.25, -0.2) is 0 Å². The normalized spacial score (nSPS) is 11.4. The average molecular weight is 239 g/mol. The van der Waals surface area contributed by atoms with E-state index in [2.05, 4.69) is 48.3 Å². The maximum atomic E-state index is 4.33. The molecule has 18 heavy (non-hydrogen) atoms. The monoisotopic (exact) mass is 239 g/mol. The maximum Gasteiger partial charge on any atom is 0.0702 e. The van der Waals surface area contributed by atoms with Crippen LogP contribution in [0.2, 0.25) is 0 Å². The van der Waals surface area contributed by atoms with Crippen LogP contribution in [0.1, 0.15) is 44.6 Å². The minimum Gasteiger partial charge on any atom is -0.256 e. The first-order chi connectivity index (χ1) is 8.90. The van der Waals surface area contributed by atoms with E-state index in [4.69, 9.17) is 0 Å². The second kappa shape index (κ2) is 6.95. The van der Waals surface area contributed by atoms with Crippen LogP contribution in [-0.4, -0.2) is 4.98 Å². The predicted octanol–water partition coefficient (Wildman–Crippen LogP) is 5.22. The number of aromatic nitrogens is 1. The molecule has 0 atom stereocenters. The third-order valence-corrected chi connectivity index (χ3v) is 3.16. The van der Waals surface area contributed by atoms with Gasteiger partial charge in [0.15, 0.2) is 0 Å². The van der Waals surface area contributed by atoms with Crippen molar-refractivity contribution in [2.24, 2.45) is 0 Å². The summed E-state index contributed by atoms with van der Waals surface area (Å²) in [5.41, 5.74) is 2.34. The Labute approximate surface area is 110 Å². The van der Waals surface area contributed by atoms with Crippen molar-refractivity contribution in [1.29, 1.82) is 0 Å². The summed E-state index contributed by atoms with van der Waals surface area (Å²) in [5, 5.41) is 1.21. The van der Waals surface area contributed by atoms with Gasteiger partial charge in [0.1, 0.15) is 0 Å². The summed E-state index contributed by atoms with van der Waals surface area (Å²) < 4.78 is 0. The van der Waals surface area contributed by atoms with Crippen molar-refractivity contribution in [3.63, 3.8) is 0 Å². The Hall–Kier alpha value is -1.63. The van der Waals surface area contributed by atoms with E-state index in [0.29, 0.717) is 0 Å². The van der Waals surface area contributed by atoms with Gasteiger partial charge in [-0.2, -0.15) is 0 Å². The Kier molecular flexibility index (Phi) is 4.95. The minimum atomic E-state index is 1.07. The highest BCUT2D eigenvalue weighted by Crippen LogP contribution is 2.15. The van der Waals surface area contributed by atoms with E-state index >= 15 is 0 Å². The number of pyridine rings is 1. The molecule has 0 saturated heterocycles. The van der Waals surface area contributed by atoms with Gasteiger partial charge in [0.05, 0.1) is 5.52 Å². The number of benzene rings is 1. The lowest BCUT2D eigenvalue weighted by molar-refractivity contribution is 0.675. The topological polar surface area (TPSA) is 12.9 Å². The van der Waals surface area contributed by atoms with Crippen molar-refractivity contribution in [3.8, 4) is 0 Å². The molecule has 0 saturated carbocycles. The quantitative estimate of drug-likeness (QED) is 0.630. The van der Waals surface area contributed by atoms with Crippen molar-refractivity contribution in [2.45, 2.75) is 39.0 Å². The van der Waals surface area contributed by atoms with E-state index in [9.17, 15) is 0 Å². The third kappa shape index (κ3) is 3.69. The van der Waals surface area contributed by atoms with Crippen LogP contribution < -0.4 is 0 Å². The van der Waals surface area contributed by atoms with E-state index in [0.717, 1.165) is 5.52 Å². The molecule has 2 aromatic rings. The summed E-state index contributed by atoms with van der Waals surface area (Å²) in [4.78, 5) is 4.33. The average Bonchev–Trinajstić information content (AvgIpc) is 2.42. The molecular formula is C17H21N. The summed E-state index contributed by atoms with van der Waals surface area (Å²) >= 11 is 0. The van der Waals surface area contributed by atoms with Crippen molar-refractivity contribution in [2.75, 3.05) is 0 Å². The molecule has 2 rings (SSSR count).